The molecule has 26 heavy (non-hydrogen) atoms. The van der Waals surface area contributed by atoms with Crippen LogP contribution in [-0.2, 0) is 6.42 Å². The number of aryl methyl sites for hydroxylation is 1. The van der Waals surface area contributed by atoms with Crippen molar-refractivity contribution in [2.45, 2.75) is 46.1 Å². The van der Waals surface area contributed by atoms with Gasteiger partial charge in [-0.25, -0.2) is 0 Å². The van der Waals surface area contributed by atoms with Crippen LogP contribution in [0.15, 0.2) is 48.5 Å². The molecule has 0 saturated heterocycles. The fraction of sp³-hybridized carbons (Fsp3) is 0.409. The maximum absolute atomic E-state index is 12.2. The van der Waals surface area contributed by atoms with Crippen LogP contribution in [0.25, 0.3) is 0 Å². The van der Waals surface area contributed by atoms with Gasteiger partial charge in [-0.1, -0.05) is 19.1 Å². The Kier molecular flexibility index (Phi) is 8.00. The lowest BCUT2D eigenvalue weighted by Gasteiger charge is -2.11. The van der Waals surface area contributed by atoms with Crippen LogP contribution in [0.5, 0.6) is 11.5 Å². The van der Waals surface area contributed by atoms with Gasteiger partial charge >= 0.3 is 0 Å². The van der Waals surface area contributed by atoms with Gasteiger partial charge in [-0.15, -0.1) is 0 Å². The summed E-state index contributed by atoms with van der Waals surface area (Å²) in [6.07, 6.45) is 2.92. The number of carbonyl (C=O) groups excluding carboxylic acids is 1. The summed E-state index contributed by atoms with van der Waals surface area (Å²) < 4.78 is 11.2. The SMILES string of the molecule is CCCOc1ccc(C(=O)NCCCc2cccc(OC(C)C)c2)cc1. The Bertz CT molecular complexity index is 680. The van der Waals surface area contributed by atoms with Gasteiger partial charge in [0, 0.05) is 12.1 Å². The Morgan fingerprint density at radius 2 is 1.85 bits per heavy atom. The van der Waals surface area contributed by atoms with Crippen molar-refractivity contribution in [3.05, 3.63) is 59.7 Å². The molecule has 0 aromatic heterocycles. The van der Waals surface area contributed by atoms with Crippen LogP contribution in [0.4, 0.5) is 0 Å². The van der Waals surface area contributed by atoms with E-state index in [0.717, 1.165) is 30.8 Å². The Labute approximate surface area is 156 Å². The number of hydrogen-bond acceptors (Lipinski definition) is 3. The summed E-state index contributed by atoms with van der Waals surface area (Å²) in [5, 5.41) is 2.97. The summed E-state index contributed by atoms with van der Waals surface area (Å²) in [7, 11) is 0. The third kappa shape index (κ3) is 6.79. The van der Waals surface area contributed by atoms with E-state index in [-0.39, 0.29) is 12.0 Å². The molecule has 0 heterocycles. The molecule has 2 rings (SSSR count). The molecule has 0 spiro atoms. The van der Waals surface area contributed by atoms with Gasteiger partial charge in [-0.05, 0) is 75.1 Å². The van der Waals surface area contributed by atoms with Gasteiger partial charge in [0.25, 0.3) is 5.91 Å². The van der Waals surface area contributed by atoms with Crippen LogP contribution in [0.3, 0.4) is 0 Å². The fourth-order valence-electron chi connectivity index (χ4n) is 2.57. The lowest BCUT2D eigenvalue weighted by Crippen LogP contribution is -2.24. The molecular weight excluding hydrogens is 326 g/mol. The molecule has 0 aliphatic carbocycles. The molecule has 4 nitrogen and oxygen atoms in total. The average molecular weight is 355 g/mol. The Hall–Kier alpha value is -2.49. The van der Waals surface area contributed by atoms with Crippen LogP contribution in [-0.4, -0.2) is 25.2 Å². The molecule has 0 atom stereocenters. The standard InChI is InChI=1S/C22H29NO3/c1-4-15-25-20-12-10-19(11-13-20)22(24)23-14-6-8-18-7-5-9-21(16-18)26-17(2)3/h5,7,9-13,16-17H,4,6,8,14-15H2,1-3H3,(H,23,24). The molecule has 0 unspecified atom stereocenters. The first-order valence-electron chi connectivity index (χ1n) is 9.35. The van der Waals surface area contributed by atoms with E-state index in [4.69, 9.17) is 9.47 Å². The van der Waals surface area contributed by atoms with Crippen molar-refractivity contribution in [1.29, 1.82) is 0 Å². The van der Waals surface area contributed by atoms with Crippen LogP contribution >= 0.6 is 0 Å². The summed E-state index contributed by atoms with van der Waals surface area (Å²) in [6.45, 7) is 7.43. The van der Waals surface area contributed by atoms with Crippen LogP contribution in [0.2, 0.25) is 0 Å². The van der Waals surface area contributed by atoms with Crippen LogP contribution in [0, 0.1) is 0 Å². The second-order valence-corrected chi connectivity index (χ2v) is 6.55. The van der Waals surface area contributed by atoms with E-state index in [1.807, 2.05) is 38.1 Å². The van der Waals surface area contributed by atoms with E-state index in [1.54, 1.807) is 12.1 Å². The van der Waals surface area contributed by atoms with Crippen molar-refractivity contribution >= 4 is 5.91 Å². The summed E-state index contributed by atoms with van der Waals surface area (Å²) in [4.78, 5) is 12.2. The zero-order valence-electron chi connectivity index (χ0n) is 16.0. The number of rotatable bonds is 10. The third-order valence-corrected chi connectivity index (χ3v) is 3.79. The molecule has 1 N–H and O–H groups in total. The zero-order chi connectivity index (χ0) is 18.8. The Morgan fingerprint density at radius 1 is 1.08 bits per heavy atom. The second-order valence-electron chi connectivity index (χ2n) is 6.55. The van der Waals surface area contributed by atoms with E-state index >= 15 is 0 Å². The molecule has 0 fully saturated rings. The molecule has 1 amide bonds. The smallest absolute Gasteiger partial charge is 0.251 e. The highest BCUT2D eigenvalue weighted by atomic mass is 16.5. The minimum Gasteiger partial charge on any atom is -0.494 e. The van der Waals surface area contributed by atoms with Gasteiger partial charge in [0.2, 0.25) is 0 Å². The number of hydrogen-bond donors (Lipinski definition) is 1. The molecule has 2 aromatic carbocycles. The molecule has 0 saturated carbocycles. The van der Waals surface area contributed by atoms with Crippen LogP contribution in [0.1, 0.15) is 49.5 Å². The molecule has 0 radical (unpaired) electrons. The van der Waals surface area contributed by atoms with E-state index in [9.17, 15) is 4.79 Å². The van der Waals surface area contributed by atoms with Crippen molar-refractivity contribution in [2.75, 3.05) is 13.2 Å². The highest BCUT2D eigenvalue weighted by Crippen LogP contribution is 2.16. The molecule has 0 aliphatic rings. The van der Waals surface area contributed by atoms with Gasteiger partial charge in [-0.3, -0.25) is 4.79 Å². The van der Waals surface area contributed by atoms with E-state index in [0.29, 0.717) is 18.7 Å². The minimum absolute atomic E-state index is 0.0519. The quantitative estimate of drug-likeness (QED) is 0.632. The zero-order valence-corrected chi connectivity index (χ0v) is 16.0. The first kappa shape index (κ1) is 19.8. The molecule has 140 valence electrons. The molecule has 2 aromatic rings. The van der Waals surface area contributed by atoms with Crippen molar-refractivity contribution in [1.82, 2.24) is 5.32 Å². The Balaban J connectivity index is 1.74. The Morgan fingerprint density at radius 3 is 2.54 bits per heavy atom. The van der Waals surface area contributed by atoms with Gasteiger partial charge in [0.15, 0.2) is 0 Å². The predicted octanol–water partition coefficient (Wildman–Crippen LogP) is 4.63. The maximum Gasteiger partial charge on any atom is 0.251 e. The topological polar surface area (TPSA) is 47.6 Å². The minimum atomic E-state index is -0.0519. The van der Waals surface area contributed by atoms with Crippen molar-refractivity contribution < 1.29 is 14.3 Å². The molecular formula is C22H29NO3. The van der Waals surface area contributed by atoms with E-state index < -0.39 is 0 Å². The van der Waals surface area contributed by atoms with Gasteiger partial charge in [-0.2, -0.15) is 0 Å². The monoisotopic (exact) mass is 355 g/mol. The average Bonchev–Trinajstić information content (AvgIpc) is 2.63. The second kappa shape index (κ2) is 10.5. The third-order valence-electron chi connectivity index (χ3n) is 3.79. The predicted molar refractivity (Wildman–Crippen MR) is 105 cm³/mol. The summed E-state index contributed by atoms with van der Waals surface area (Å²) >= 11 is 0. The van der Waals surface area contributed by atoms with Crippen LogP contribution < -0.4 is 14.8 Å². The van der Waals surface area contributed by atoms with Crippen molar-refractivity contribution in [3.63, 3.8) is 0 Å². The molecule has 0 aliphatic heterocycles. The lowest BCUT2D eigenvalue weighted by molar-refractivity contribution is 0.0953. The van der Waals surface area contributed by atoms with Gasteiger partial charge < -0.3 is 14.8 Å². The highest BCUT2D eigenvalue weighted by Gasteiger charge is 2.05. The number of amides is 1. The largest absolute Gasteiger partial charge is 0.494 e. The number of nitrogens with one attached hydrogen (secondary N) is 1. The summed E-state index contributed by atoms with van der Waals surface area (Å²) in [5.41, 5.74) is 1.87. The first-order valence-corrected chi connectivity index (χ1v) is 9.35. The van der Waals surface area contributed by atoms with E-state index in [1.165, 1.54) is 5.56 Å². The fourth-order valence-corrected chi connectivity index (χ4v) is 2.57. The summed E-state index contributed by atoms with van der Waals surface area (Å²) in [5.74, 6) is 1.64. The normalized spacial score (nSPS) is 10.6. The number of carbonyl (C=O) groups is 1. The van der Waals surface area contributed by atoms with Crippen molar-refractivity contribution in [3.8, 4) is 11.5 Å². The first-order chi connectivity index (χ1) is 12.6. The highest BCUT2D eigenvalue weighted by molar-refractivity contribution is 5.94. The van der Waals surface area contributed by atoms with E-state index in [2.05, 4.69) is 24.4 Å². The van der Waals surface area contributed by atoms with Crippen molar-refractivity contribution in [2.24, 2.45) is 0 Å². The molecule has 4 heteroatoms. The summed E-state index contributed by atoms with van der Waals surface area (Å²) in [6, 6.07) is 15.4. The molecule has 0 bridgehead atoms. The number of ether oxygens (including phenoxy) is 2. The number of benzene rings is 2. The van der Waals surface area contributed by atoms with Gasteiger partial charge in [0.05, 0.1) is 12.7 Å². The van der Waals surface area contributed by atoms with Gasteiger partial charge in [0.1, 0.15) is 11.5 Å². The lowest BCUT2D eigenvalue weighted by atomic mass is 10.1. The maximum atomic E-state index is 12.2.